The zero-order valence-corrected chi connectivity index (χ0v) is 58.2. The molecule has 7 saturated heterocycles. The predicted molar refractivity (Wildman–Crippen MR) is 333 cm³/mol. The fourth-order valence-electron chi connectivity index (χ4n) is 19.4. The first-order chi connectivity index (χ1) is 47.1. The van der Waals surface area contributed by atoms with Gasteiger partial charge in [-0.15, -0.1) is 0 Å². The Hall–Kier alpha value is -2.03. The Bertz CT molecular complexity index is 2790. The van der Waals surface area contributed by atoms with Crippen LogP contribution in [0.5, 0.6) is 0 Å². The molecule has 38 unspecified atom stereocenters. The summed E-state index contributed by atoms with van der Waals surface area (Å²) in [5, 5.41) is 193. The lowest BCUT2D eigenvalue weighted by atomic mass is 9.40. The Morgan fingerprint density at radius 2 is 0.990 bits per heavy atom. The molecule has 11 aliphatic rings. The van der Waals surface area contributed by atoms with Gasteiger partial charge in [0.2, 0.25) is 0 Å². The molecule has 33 nitrogen and oxygen atoms in total. The van der Waals surface area contributed by atoms with Gasteiger partial charge in [-0.05, 0) is 99.2 Å². The second-order valence-electron chi connectivity index (χ2n) is 31.3. The largest absolute Gasteiger partial charge is 0.456 e. The third-order valence-electron chi connectivity index (χ3n) is 25.1. The van der Waals surface area contributed by atoms with Crippen LogP contribution in [0, 0.1) is 39.4 Å². The van der Waals surface area contributed by atoms with E-state index < -0.39 is 262 Å². The molecule has 7 heterocycles. The van der Waals surface area contributed by atoms with E-state index in [1.54, 1.807) is 6.92 Å². The highest BCUT2D eigenvalue weighted by Crippen LogP contribution is 2.77. The predicted octanol–water partition coefficient (Wildman–Crippen LogP) is -4.92. The number of rotatable bonds is 22. The van der Waals surface area contributed by atoms with E-state index in [9.17, 15) is 91.6 Å². The number of ether oxygens (including phenoxy) is 15. The summed E-state index contributed by atoms with van der Waals surface area (Å²) in [7, 11) is 2.35. The highest BCUT2D eigenvalue weighted by molar-refractivity contribution is 5.86. The summed E-state index contributed by atoms with van der Waals surface area (Å²) < 4.78 is 90.0. The molecule has 11 rings (SSSR count). The average molecular weight is 1440 g/mol. The molecular formula is C67H110O33. The number of carbonyl (C=O) groups excluding carboxylic acids is 1. The van der Waals surface area contributed by atoms with Crippen LogP contribution in [-0.2, 0) is 75.8 Å². The van der Waals surface area contributed by atoms with E-state index in [0.717, 1.165) is 18.4 Å². The molecule has 0 aromatic rings. The van der Waals surface area contributed by atoms with Crippen LogP contribution in [0.2, 0.25) is 0 Å². The molecule has 4 aliphatic carbocycles. The highest BCUT2D eigenvalue weighted by Gasteiger charge is 2.85. The van der Waals surface area contributed by atoms with Crippen molar-refractivity contribution in [2.45, 2.75) is 315 Å². The molecule has 0 radical (unpaired) electrons. The smallest absolute Gasteiger partial charge is 0.319 e. The van der Waals surface area contributed by atoms with Crippen molar-refractivity contribution in [3.8, 4) is 0 Å². The minimum absolute atomic E-state index is 0.161. The molecule has 0 amide bonds. The van der Waals surface area contributed by atoms with Gasteiger partial charge >= 0.3 is 5.97 Å². The molecule has 7 aliphatic heterocycles. The minimum atomic E-state index is -2.10. The molecule has 33 heteroatoms. The highest BCUT2D eigenvalue weighted by atomic mass is 16.8. The maximum absolute atomic E-state index is 14.7. The number of fused-ring (bicyclic) bond motifs is 4. The second-order valence-corrected chi connectivity index (χ2v) is 31.3. The number of hydrogen-bond acceptors (Lipinski definition) is 33. The van der Waals surface area contributed by atoms with Crippen LogP contribution < -0.4 is 0 Å². The molecule has 1 spiro atoms. The van der Waals surface area contributed by atoms with Gasteiger partial charge in [-0.2, -0.15) is 0 Å². The van der Waals surface area contributed by atoms with Crippen molar-refractivity contribution in [1.82, 2.24) is 0 Å². The molecule has 0 aromatic carbocycles. The van der Waals surface area contributed by atoms with E-state index in [1.165, 1.54) is 21.1 Å². The maximum atomic E-state index is 14.7. The van der Waals surface area contributed by atoms with Gasteiger partial charge in [0.25, 0.3) is 0 Å². The molecule has 10 fully saturated rings. The summed E-state index contributed by atoms with van der Waals surface area (Å²) in [6.45, 7) is 11.9. The Kier molecular flexibility index (Phi) is 23.9. The van der Waals surface area contributed by atoms with Crippen LogP contribution in [0.25, 0.3) is 0 Å². The van der Waals surface area contributed by atoms with Crippen LogP contribution >= 0.6 is 0 Å². The van der Waals surface area contributed by atoms with Crippen LogP contribution in [0.1, 0.15) is 113 Å². The number of methoxy groups -OCH3 is 2. The molecule has 100 heavy (non-hydrogen) atoms. The minimum Gasteiger partial charge on any atom is -0.456 e. The summed E-state index contributed by atoms with van der Waals surface area (Å²) in [5.41, 5.74) is -5.73. The van der Waals surface area contributed by atoms with E-state index in [0.29, 0.717) is 44.4 Å². The summed E-state index contributed by atoms with van der Waals surface area (Å²) in [6, 6.07) is 0. The van der Waals surface area contributed by atoms with Crippen molar-refractivity contribution in [2.75, 3.05) is 47.3 Å². The number of esters is 1. The fraction of sp³-hybridized carbons (Fsp3) is 0.955. The maximum Gasteiger partial charge on any atom is 0.319 e. The lowest BCUT2D eigenvalue weighted by Gasteiger charge is -2.64. The normalized spacial score (nSPS) is 53.3. The van der Waals surface area contributed by atoms with Gasteiger partial charge in [0, 0.05) is 14.2 Å². The number of aliphatic hydroxyl groups excluding tert-OH is 16. The number of allylic oxidation sites excluding steroid dienone is 1. The zero-order valence-electron chi connectivity index (χ0n) is 58.2. The Balaban J connectivity index is 0.843. The van der Waals surface area contributed by atoms with E-state index in [4.69, 9.17) is 71.1 Å². The zero-order chi connectivity index (χ0) is 73.0. The first-order valence-electron chi connectivity index (χ1n) is 35.3. The van der Waals surface area contributed by atoms with Crippen LogP contribution in [-0.4, -0.2) is 342 Å². The van der Waals surface area contributed by atoms with Crippen LogP contribution in [0.4, 0.5) is 0 Å². The van der Waals surface area contributed by atoms with Crippen molar-refractivity contribution in [3.05, 3.63) is 11.6 Å². The molecule has 0 bridgehead atoms. The second kappa shape index (κ2) is 30.2. The number of cyclic esters (lactones) is 1. The van der Waals surface area contributed by atoms with Gasteiger partial charge in [-0.1, -0.05) is 59.6 Å². The Morgan fingerprint density at radius 3 is 1.49 bits per heavy atom. The van der Waals surface area contributed by atoms with Gasteiger partial charge in [-0.25, -0.2) is 0 Å². The number of hydrogen-bond donors (Lipinski definition) is 17. The van der Waals surface area contributed by atoms with Crippen LogP contribution in [0.15, 0.2) is 11.6 Å². The third kappa shape index (κ3) is 13.0. The fourth-order valence-corrected chi connectivity index (χ4v) is 19.4. The van der Waals surface area contributed by atoms with E-state index in [-0.39, 0.29) is 18.3 Å². The molecular weight excluding hydrogens is 1330 g/mol. The van der Waals surface area contributed by atoms with Crippen molar-refractivity contribution in [3.63, 3.8) is 0 Å². The standard InChI is InChI=1S/C67H110O33/c1-26(2)12-11-16-65(8)66(85)19-18-64(7)28-13-14-35-62(4,5)37(15-17-63(35,6)29(28)20-36(72)67(64,66)61(84)100-65)95-60-54(42(77)34(25-88-60)94-56-47(82)52(40(75)32(23-70)90-56)97-57-45(80)50(86-9)38(73)30(21-68)91-57)99-55-44(79)43(78)49(27(3)89-55)96-59-48(83)53(41(76)33(24-71)93-59)98-58-46(81)51(87-10)39(74)31(22-69)92-58/h20,26-28,30-60,68-83,85H,11-19,21-25H2,1-10H3. The topological polar surface area (TPSA) is 499 Å². The van der Waals surface area contributed by atoms with Crippen molar-refractivity contribution >= 4 is 5.97 Å². The van der Waals surface area contributed by atoms with E-state index in [1.807, 2.05) is 26.8 Å². The van der Waals surface area contributed by atoms with Gasteiger partial charge in [0.15, 0.2) is 37.7 Å². The molecule has 0 aromatic heterocycles. The summed E-state index contributed by atoms with van der Waals surface area (Å²) in [4.78, 5) is 14.7. The summed E-state index contributed by atoms with van der Waals surface area (Å²) in [5.74, 6) is -0.568. The molecule has 576 valence electrons. The average Bonchev–Trinajstić information content (AvgIpc) is 1.46. The lowest BCUT2D eigenvalue weighted by Crippen LogP contribution is -2.68. The molecule has 38 atom stereocenters. The molecule has 17 N–H and O–H groups in total. The van der Waals surface area contributed by atoms with Gasteiger partial charge in [-0.3, -0.25) is 4.79 Å². The van der Waals surface area contributed by atoms with Crippen LogP contribution in [0.3, 0.4) is 0 Å². The SMILES string of the molecule is COC1C(O)C(CO)OC(OC2C(O)C(CO)OC(OC3COC(OC4CCC5(C)C6=CC(O)C78C(=O)OC(C)(CCCC(C)C)C7(O)CCC8(C)C6CCC5C4(C)C)C(OC4OC(C)C(OC5OC(CO)C(O)C(OC6OC(CO)C(O)C(OC)C6O)C5O)C(O)C4O)C3O)C2O)C1O. The van der Waals surface area contributed by atoms with Crippen molar-refractivity contribution in [2.24, 2.45) is 39.4 Å². The lowest BCUT2D eigenvalue weighted by molar-refractivity contribution is -0.397. The quantitative estimate of drug-likeness (QED) is 0.0274. The number of aliphatic hydroxyl groups is 17. The summed E-state index contributed by atoms with van der Waals surface area (Å²) >= 11 is 0. The first-order valence-corrected chi connectivity index (χ1v) is 35.3. The molecule has 3 saturated carbocycles. The van der Waals surface area contributed by atoms with E-state index in [2.05, 4.69) is 20.8 Å². The van der Waals surface area contributed by atoms with Crippen molar-refractivity contribution in [1.29, 1.82) is 0 Å². The third-order valence-corrected chi connectivity index (χ3v) is 25.1. The Labute approximate surface area is 579 Å². The van der Waals surface area contributed by atoms with E-state index >= 15 is 0 Å². The van der Waals surface area contributed by atoms with Gasteiger partial charge in [0.05, 0.1) is 51.3 Å². The first kappa shape index (κ1) is 79.0. The van der Waals surface area contributed by atoms with Gasteiger partial charge in [0.1, 0.15) is 151 Å². The monoisotopic (exact) mass is 1440 g/mol. The number of carbonyl (C=O) groups is 1. The Morgan fingerprint density at radius 1 is 0.520 bits per heavy atom. The van der Waals surface area contributed by atoms with Crippen molar-refractivity contribution < 1.29 is 163 Å². The summed E-state index contributed by atoms with van der Waals surface area (Å²) in [6.07, 6.45) is -45.0. The van der Waals surface area contributed by atoms with Gasteiger partial charge < -0.3 is 158 Å².